The van der Waals surface area contributed by atoms with Gasteiger partial charge in [-0.25, -0.2) is 4.79 Å². The molecule has 1 aromatic carbocycles. The third-order valence-corrected chi connectivity index (χ3v) is 5.82. The Morgan fingerprint density at radius 2 is 1.93 bits per heavy atom. The van der Waals surface area contributed by atoms with Crippen molar-refractivity contribution in [3.8, 4) is 5.75 Å². The highest BCUT2D eigenvalue weighted by Crippen LogP contribution is 2.32. The van der Waals surface area contributed by atoms with Crippen LogP contribution in [0.15, 0.2) is 21.3 Å². The zero-order valence-electron chi connectivity index (χ0n) is 17.2. The number of nitrogens with one attached hydrogen (secondary N) is 1. The van der Waals surface area contributed by atoms with Crippen LogP contribution >= 0.6 is 0 Å². The highest BCUT2D eigenvalue weighted by atomic mass is 16.5. The number of fused-ring (bicyclic) bond motifs is 1. The number of carbonyl (C=O) groups excluding carboxylic acids is 2. The van der Waals surface area contributed by atoms with Crippen LogP contribution in [-0.2, 0) is 9.59 Å². The molecule has 2 aliphatic rings. The van der Waals surface area contributed by atoms with Gasteiger partial charge in [0, 0.05) is 24.6 Å². The van der Waals surface area contributed by atoms with Crippen molar-refractivity contribution in [3.63, 3.8) is 0 Å². The molecule has 2 heterocycles. The number of hydrogen-bond acceptors (Lipinski definition) is 5. The van der Waals surface area contributed by atoms with Gasteiger partial charge in [0.05, 0.1) is 11.4 Å². The lowest BCUT2D eigenvalue weighted by Crippen LogP contribution is -2.43. The van der Waals surface area contributed by atoms with Crippen LogP contribution in [-0.4, -0.2) is 41.4 Å². The summed E-state index contributed by atoms with van der Waals surface area (Å²) >= 11 is 0. The van der Waals surface area contributed by atoms with Crippen molar-refractivity contribution >= 4 is 22.8 Å². The van der Waals surface area contributed by atoms with Gasteiger partial charge in [0.15, 0.2) is 6.10 Å². The number of ether oxygens (including phenoxy) is 1. The van der Waals surface area contributed by atoms with Crippen LogP contribution in [0.5, 0.6) is 5.75 Å². The SMILES string of the molecule is Cc1cc(OC(C)C(=O)NC2CC(=O)N(C3CC3)C2)c2c(C)c(C)c(=O)oc2c1. The van der Waals surface area contributed by atoms with Gasteiger partial charge in [-0.05, 0) is 63.8 Å². The molecule has 0 radical (unpaired) electrons. The van der Waals surface area contributed by atoms with E-state index in [1.807, 2.05) is 24.8 Å². The third-order valence-electron chi connectivity index (χ3n) is 5.82. The molecule has 7 nitrogen and oxygen atoms in total. The zero-order chi connectivity index (χ0) is 20.9. The van der Waals surface area contributed by atoms with Crippen molar-refractivity contribution in [2.45, 2.75) is 65.1 Å². The molecule has 1 saturated carbocycles. The van der Waals surface area contributed by atoms with E-state index < -0.39 is 6.10 Å². The molecule has 2 fully saturated rings. The van der Waals surface area contributed by atoms with Crippen LogP contribution in [0, 0.1) is 20.8 Å². The molecule has 0 bridgehead atoms. The molecule has 2 unspecified atom stereocenters. The van der Waals surface area contributed by atoms with Crippen LogP contribution in [0.4, 0.5) is 0 Å². The van der Waals surface area contributed by atoms with E-state index >= 15 is 0 Å². The number of amides is 2. The Morgan fingerprint density at radius 3 is 2.62 bits per heavy atom. The predicted molar refractivity (Wildman–Crippen MR) is 108 cm³/mol. The molecule has 2 atom stereocenters. The largest absolute Gasteiger partial charge is 0.480 e. The summed E-state index contributed by atoms with van der Waals surface area (Å²) in [5.74, 6) is 0.355. The minimum Gasteiger partial charge on any atom is -0.480 e. The molecular weight excluding hydrogens is 372 g/mol. The van der Waals surface area contributed by atoms with Gasteiger partial charge in [0.25, 0.3) is 5.91 Å². The van der Waals surface area contributed by atoms with E-state index in [0.29, 0.717) is 41.3 Å². The fourth-order valence-corrected chi connectivity index (χ4v) is 3.91. The van der Waals surface area contributed by atoms with Crippen molar-refractivity contribution in [2.75, 3.05) is 6.54 Å². The first kappa shape index (κ1) is 19.5. The fourth-order valence-electron chi connectivity index (χ4n) is 3.91. The van der Waals surface area contributed by atoms with E-state index in [9.17, 15) is 14.4 Å². The van der Waals surface area contributed by atoms with E-state index in [-0.39, 0.29) is 23.5 Å². The average Bonchev–Trinajstić information content (AvgIpc) is 3.42. The van der Waals surface area contributed by atoms with Gasteiger partial charge in [-0.15, -0.1) is 0 Å². The van der Waals surface area contributed by atoms with E-state index in [1.165, 1.54) is 0 Å². The Hall–Kier alpha value is -2.83. The number of carbonyl (C=O) groups is 2. The highest BCUT2D eigenvalue weighted by molar-refractivity contribution is 5.89. The minimum atomic E-state index is -0.753. The standard InChI is InChI=1S/C22H26N2O5/c1-11-7-17(20-12(2)13(3)22(27)29-18(20)8-11)28-14(4)21(26)23-15-9-19(25)24(10-15)16-5-6-16/h7-8,14-16H,5-6,9-10H2,1-4H3,(H,23,26). The Kier molecular flexibility index (Phi) is 4.84. The molecule has 1 aromatic heterocycles. The van der Waals surface area contributed by atoms with Gasteiger partial charge >= 0.3 is 5.63 Å². The number of hydrogen-bond donors (Lipinski definition) is 1. The monoisotopic (exact) mass is 398 g/mol. The Labute approximate surface area is 169 Å². The first-order valence-electron chi connectivity index (χ1n) is 10.1. The number of likely N-dealkylation sites (tertiary alicyclic amines) is 1. The van der Waals surface area contributed by atoms with Gasteiger partial charge in [0.2, 0.25) is 5.91 Å². The fraction of sp³-hybridized carbons (Fsp3) is 0.500. The van der Waals surface area contributed by atoms with Crippen molar-refractivity contribution < 1.29 is 18.7 Å². The van der Waals surface area contributed by atoms with Crippen molar-refractivity contribution in [3.05, 3.63) is 39.2 Å². The number of benzene rings is 1. The van der Waals surface area contributed by atoms with Crippen LogP contribution < -0.4 is 15.7 Å². The van der Waals surface area contributed by atoms with Crippen LogP contribution in [0.3, 0.4) is 0 Å². The normalized spacial score (nSPS) is 20.2. The number of rotatable bonds is 5. The summed E-state index contributed by atoms with van der Waals surface area (Å²) in [6, 6.07) is 3.81. The van der Waals surface area contributed by atoms with Crippen molar-refractivity contribution in [1.29, 1.82) is 0 Å². The second-order valence-corrected chi connectivity index (χ2v) is 8.22. The molecule has 1 saturated heterocycles. The van der Waals surface area contributed by atoms with Crippen LogP contribution in [0.25, 0.3) is 11.0 Å². The molecule has 29 heavy (non-hydrogen) atoms. The topological polar surface area (TPSA) is 88.9 Å². The lowest BCUT2D eigenvalue weighted by atomic mass is 10.0. The molecule has 0 spiro atoms. The molecule has 1 aliphatic heterocycles. The molecule has 1 N–H and O–H groups in total. The van der Waals surface area contributed by atoms with Gasteiger partial charge < -0.3 is 19.4 Å². The quantitative estimate of drug-likeness (QED) is 0.781. The number of nitrogens with zero attached hydrogens (tertiary/aromatic N) is 1. The average molecular weight is 398 g/mol. The Bertz CT molecular complexity index is 1050. The molecule has 154 valence electrons. The minimum absolute atomic E-state index is 0.108. The smallest absolute Gasteiger partial charge is 0.339 e. The summed E-state index contributed by atoms with van der Waals surface area (Å²) in [5, 5.41) is 3.64. The summed E-state index contributed by atoms with van der Waals surface area (Å²) in [6.07, 6.45) is 1.70. The van der Waals surface area contributed by atoms with Gasteiger partial charge in [-0.3, -0.25) is 9.59 Å². The maximum Gasteiger partial charge on any atom is 0.339 e. The maximum atomic E-state index is 12.7. The van der Waals surface area contributed by atoms with Crippen LogP contribution in [0.1, 0.15) is 42.9 Å². The summed E-state index contributed by atoms with van der Waals surface area (Å²) in [7, 11) is 0. The summed E-state index contributed by atoms with van der Waals surface area (Å²) in [5.41, 5.74) is 2.24. The predicted octanol–water partition coefficient (Wildman–Crippen LogP) is 2.37. The van der Waals surface area contributed by atoms with Crippen molar-refractivity contribution in [2.24, 2.45) is 0 Å². The lowest BCUT2D eigenvalue weighted by molar-refractivity contribution is -0.128. The Balaban J connectivity index is 1.52. The number of aryl methyl sites for hydroxylation is 2. The second kappa shape index (κ2) is 7.21. The van der Waals surface area contributed by atoms with E-state index in [4.69, 9.17) is 9.15 Å². The van der Waals surface area contributed by atoms with Crippen LogP contribution in [0.2, 0.25) is 0 Å². The molecule has 2 amide bonds. The van der Waals surface area contributed by atoms with Crippen molar-refractivity contribution in [1.82, 2.24) is 10.2 Å². The van der Waals surface area contributed by atoms with E-state index in [2.05, 4.69) is 5.32 Å². The maximum absolute atomic E-state index is 12.7. The summed E-state index contributed by atoms with van der Waals surface area (Å²) in [4.78, 5) is 38.7. The molecule has 7 heteroatoms. The van der Waals surface area contributed by atoms with Gasteiger partial charge in [-0.2, -0.15) is 0 Å². The molecule has 1 aliphatic carbocycles. The molecular formula is C22H26N2O5. The highest BCUT2D eigenvalue weighted by Gasteiger charge is 2.40. The van der Waals surface area contributed by atoms with Gasteiger partial charge in [0.1, 0.15) is 11.3 Å². The first-order valence-corrected chi connectivity index (χ1v) is 10.1. The van der Waals surface area contributed by atoms with Gasteiger partial charge in [-0.1, -0.05) is 0 Å². The zero-order valence-corrected chi connectivity index (χ0v) is 17.2. The van der Waals surface area contributed by atoms with E-state index in [0.717, 1.165) is 24.0 Å². The molecule has 2 aromatic rings. The molecule has 4 rings (SSSR count). The first-order chi connectivity index (χ1) is 13.7. The summed E-state index contributed by atoms with van der Waals surface area (Å²) < 4.78 is 11.4. The third kappa shape index (κ3) is 3.73. The van der Waals surface area contributed by atoms with E-state index in [1.54, 1.807) is 19.9 Å². The second-order valence-electron chi connectivity index (χ2n) is 8.22. The summed E-state index contributed by atoms with van der Waals surface area (Å²) in [6.45, 7) is 7.68. The lowest BCUT2D eigenvalue weighted by Gasteiger charge is -2.20. The Morgan fingerprint density at radius 1 is 1.21 bits per heavy atom.